The lowest BCUT2D eigenvalue weighted by atomic mass is 10.2. The molecule has 0 radical (unpaired) electrons. The second-order valence-corrected chi connectivity index (χ2v) is 2.83. The van der Waals surface area contributed by atoms with Gasteiger partial charge in [0.2, 0.25) is 0 Å². The lowest BCUT2D eigenvalue weighted by molar-refractivity contribution is 0.239. The van der Waals surface area contributed by atoms with Crippen molar-refractivity contribution in [2.75, 3.05) is 19.6 Å². The van der Waals surface area contributed by atoms with E-state index in [0.29, 0.717) is 12.6 Å². The first-order valence-electron chi connectivity index (χ1n) is 4.46. The van der Waals surface area contributed by atoms with Crippen molar-refractivity contribution in [2.24, 2.45) is 5.73 Å². The Morgan fingerprint density at radius 3 is 2.08 bits per heavy atom. The summed E-state index contributed by atoms with van der Waals surface area (Å²) in [7, 11) is 0. The van der Waals surface area contributed by atoms with E-state index in [4.69, 9.17) is 5.73 Å². The van der Waals surface area contributed by atoms with E-state index in [2.05, 4.69) is 25.0 Å². The van der Waals surface area contributed by atoms with Gasteiger partial charge in [0.05, 0.1) is 0 Å². The molecule has 0 aliphatic carbocycles. The second-order valence-electron chi connectivity index (χ2n) is 2.83. The van der Waals surface area contributed by atoms with Gasteiger partial charge in [-0.3, -0.25) is 4.90 Å². The van der Waals surface area contributed by atoms with Crippen LogP contribution >= 0.6 is 0 Å². The van der Waals surface area contributed by atoms with Crippen molar-refractivity contribution in [3.8, 4) is 0 Å². The monoisotopic (exact) mass is 168 g/mol. The van der Waals surface area contributed by atoms with Gasteiger partial charge >= 0.3 is 0 Å². The number of hydrogen-bond donors (Lipinski definition) is 1. The van der Waals surface area contributed by atoms with Gasteiger partial charge in [-0.2, -0.15) is 0 Å². The van der Waals surface area contributed by atoms with Gasteiger partial charge in [0.15, 0.2) is 0 Å². The average molecular weight is 168 g/mol. The van der Waals surface area contributed by atoms with Gasteiger partial charge in [-0.1, -0.05) is 19.1 Å². The number of nitrogens with zero attached hydrogens (tertiary/aromatic N) is 1. The standard InChI is InChI=1S/C10H20N2/c1-4-7-12(8-5-2)10(6-3)9-11/h4-5,10H,1-2,6-9,11H2,3H3. The third-order valence-corrected chi connectivity index (χ3v) is 1.99. The summed E-state index contributed by atoms with van der Waals surface area (Å²) in [5.41, 5.74) is 5.63. The zero-order chi connectivity index (χ0) is 9.40. The predicted octanol–water partition coefficient (Wildman–Crippen LogP) is 1.40. The van der Waals surface area contributed by atoms with Crippen LogP contribution in [0.2, 0.25) is 0 Å². The molecule has 1 unspecified atom stereocenters. The van der Waals surface area contributed by atoms with Crippen LogP contribution in [-0.2, 0) is 0 Å². The van der Waals surface area contributed by atoms with Crippen molar-refractivity contribution in [1.82, 2.24) is 4.90 Å². The molecule has 0 fully saturated rings. The van der Waals surface area contributed by atoms with E-state index in [1.165, 1.54) is 0 Å². The molecule has 0 spiro atoms. The maximum atomic E-state index is 5.63. The van der Waals surface area contributed by atoms with Crippen LogP contribution in [0, 0.1) is 0 Å². The number of hydrogen-bond acceptors (Lipinski definition) is 2. The van der Waals surface area contributed by atoms with Crippen molar-refractivity contribution in [2.45, 2.75) is 19.4 Å². The van der Waals surface area contributed by atoms with Crippen LogP contribution in [0.3, 0.4) is 0 Å². The lowest BCUT2D eigenvalue weighted by Crippen LogP contribution is -2.40. The van der Waals surface area contributed by atoms with Gasteiger partial charge in [0, 0.05) is 25.7 Å². The maximum absolute atomic E-state index is 5.63. The second kappa shape index (κ2) is 7.07. The lowest BCUT2D eigenvalue weighted by Gasteiger charge is -2.27. The molecule has 2 N–H and O–H groups in total. The zero-order valence-electron chi connectivity index (χ0n) is 8.00. The Labute approximate surface area is 75.7 Å². The molecule has 1 atom stereocenters. The quantitative estimate of drug-likeness (QED) is 0.582. The normalized spacial score (nSPS) is 12.9. The Balaban J connectivity index is 4.02. The van der Waals surface area contributed by atoms with E-state index in [0.717, 1.165) is 19.5 Å². The van der Waals surface area contributed by atoms with Crippen LogP contribution in [0.1, 0.15) is 13.3 Å². The summed E-state index contributed by atoms with van der Waals surface area (Å²) < 4.78 is 0. The Morgan fingerprint density at radius 2 is 1.83 bits per heavy atom. The molecule has 0 heterocycles. The van der Waals surface area contributed by atoms with Crippen molar-refractivity contribution < 1.29 is 0 Å². The van der Waals surface area contributed by atoms with Gasteiger partial charge in [-0.25, -0.2) is 0 Å². The van der Waals surface area contributed by atoms with Gasteiger partial charge < -0.3 is 5.73 Å². The van der Waals surface area contributed by atoms with Crippen LogP contribution < -0.4 is 5.73 Å². The van der Waals surface area contributed by atoms with E-state index < -0.39 is 0 Å². The minimum atomic E-state index is 0.459. The molecule has 2 nitrogen and oxygen atoms in total. The molecule has 0 rings (SSSR count). The summed E-state index contributed by atoms with van der Waals surface area (Å²) in [4.78, 5) is 2.28. The first-order valence-corrected chi connectivity index (χ1v) is 4.46. The number of nitrogens with two attached hydrogens (primary N) is 1. The highest BCUT2D eigenvalue weighted by Crippen LogP contribution is 2.02. The first kappa shape index (κ1) is 11.4. The van der Waals surface area contributed by atoms with E-state index >= 15 is 0 Å². The third-order valence-electron chi connectivity index (χ3n) is 1.99. The third kappa shape index (κ3) is 3.69. The van der Waals surface area contributed by atoms with Crippen LogP contribution in [0.25, 0.3) is 0 Å². The molecule has 2 heteroatoms. The topological polar surface area (TPSA) is 29.3 Å². The zero-order valence-corrected chi connectivity index (χ0v) is 8.00. The minimum absolute atomic E-state index is 0.459. The smallest absolute Gasteiger partial charge is 0.0222 e. The molecule has 0 aromatic heterocycles. The van der Waals surface area contributed by atoms with Crippen molar-refractivity contribution in [3.63, 3.8) is 0 Å². The Morgan fingerprint density at radius 1 is 1.33 bits per heavy atom. The molecule has 70 valence electrons. The summed E-state index contributed by atoms with van der Waals surface area (Å²) in [6.45, 7) is 12.1. The van der Waals surface area contributed by atoms with Gasteiger partial charge in [-0.15, -0.1) is 13.2 Å². The molecule has 0 amide bonds. The predicted molar refractivity (Wildman–Crippen MR) is 55.1 cm³/mol. The molecule has 12 heavy (non-hydrogen) atoms. The molecule has 0 aromatic rings. The average Bonchev–Trinajstić information content (AvgIpc) is 2.07. The van der Waals surface area contributed by atoms with E-state index in [9.17, 15) is 0 Å². The van der Waals surface area contributed by atoms with Gasteiger partial charge in [0.25, 0.3) is 0 Å². The van der Waals surface area contributed by atoms with Crippen molar-refractivity contribution >= 4 is 0 Å². The van der Waals surface area contributed by atoms with Gasteiger partial charge in [0.1, 0.15) is 0 Å². The fourth-order valence-electron chi connectivity index (χ4n) is 1.28. The summed E-state index contributed by atoms with van der Waals surface area (Å²) in [5.74, 6) is 0. The Hall–Kier alpha value is -0.600. The fraction of sp³-hybridized carbons (Fsp3) is 0.600. The van der Waals surface area contributed by atoms with Crippen LogP contribution in [-0.4, -0.2) is 30.6 Å². The molecule has 0 aromatic carbocycles. The van der Waals surface area contributed by atoms with E-state index in [1.54, 1.807) is 0 Å². The maximum Gasteiger partial charge on any atom is 0.0222 e. The first-order chi connectivity index (χ1) is 5.79. The molecule has 0 saturated carbocycles. The molecular weight excluding hydrogens is 148 g/mol. The Bertz CT molecular complexity index is 118. The van der Waals surface area contributed by atoms with Crippen LogP contribution in [0.5, 0.6) is 0 Å². The van der Waals surface area contributed by atoms with Gasteiger partial charge in [-0.05, 0) is 6.42 Å². The summed E-state index contributed by atoms with van der Waals surface area (Å²) in [6, 6.07) is 0.459. The van der Waals surface area contributed by atoms with Crippen molar-refractivity contribution in [3.05, 3.63) is 25.3 Å². The molecule has 0 aliphatic heterocycles. The van der Waals surface area contributed by atoms with E-state index in [1.807, 2.05) is 12.2 Å². The SMILES string of the molecule is C=CCN(CC=C)C(CC)CN. The summed E-state index contributed by atoms with van der Waals surface area (Å²) in [5, 5.41) is 0. The number of rotatable bonds is 7. The summed E-state index contributed by atoms with van der Waals surface area (Å²) in [6.07, 6.45) is 4.89. The fourth-order valence-corrected chi connectivity index (χ4v) is 1.28. The highest BCUT2D eigenvalue weighted by atomic mass is 15.2. The van der Waals surface area contributed by atoms with Crippen LogP contribution in [0.4, 0.5) is 0 Å². The Kier molecular flexibility index (Phi) is 6.72. The molecule has 0 bridgehead atoms. The molecular formula is C10H20N2. The van der Waals surface area contributed by atoms with Crippen molar-refractivity contribution in [1.29, 1.82) is 0 Å². The molecule has 0 saturated heterocycles. The van der Waals surface area contributed by atoms with E-state index in [-0.39, 0.29) is 0 Å². The highest BCUT2D eigenvalue weighted by molar-refractivity contribution is 4.84. The minimum Gasteiger partial charge on any atom is -0.329 e. The highest BCUT2D eigenvalue weighted by Gasteiger charge is 2.11. The largest absolute Gasteiger partial charge is 0.329 e. The summed E-state index contributed by atoms with van der Waals surface area (Å²) >= 11 is 0. The molecule has 0 aliphatic rings. The van der Waals surface area contributed by atoms with Crippen LogP contribution in [0.15, 0.2) is 25.3 Å².